The van der Waals surface area contributed by atoms with Gasteiger partial charge in [0.25, 0.3) is 0 Å². The van der Waals surface area contributed by atoms with Crippen molar-refractivity contribution >= 4 is 11.0 Å². The molecule has 0 aliphatic rings. The molecule has 4 rings (SSSR count). The number of benzene rings is 3. The van der Waals surface area contributed by atoms with Gasteiger partial charge in [-0.3, -0.25) is 4.57 Å². The van der Waals surface area contributed by atoms with E-state index in [1.165, 1.54) is 0 Å². The van der Waals surface area contributed by atoms with Gasteiger partial charge in [-0.15, -0.1) is 0 Å². The van der Waals surface area contributed by atoms with Crippen LogP contribution in [-0.4, -0.2) is 14.7 Å². The lowest BCUT2D eigenvalue weighted by molar-refractivity contribution is 0.480. The second kappa shape index (κ2) is 5.04. The van der Waals surface area contributed by atoms with Crippen LogP contribution in [0.2, 0.25) is 0 Å². The van der Waals surface area contributed by atoms with Gasteiger partial charge in [0.2, 0.25) is 0 Å². The molecule has 1 heterocycles. The quantitative estimate of drug-likeness (QED) is 0.593. The molecule has 106 valence electrons. The molecule has 0 fully saturated rings. The van der Waals surface area contributed by atoms with Gasteiger partial charge in [-0.2, -0.15) is 0 Å². The standard InChI is InChI=1S/C19H14N2O/c22-17-13-7-12-16-18(17)20-19(14-8-3-1-4-9-14)21(16)15-10-5-2-6-11-15/h1-13,22H. The molecule has 0 saturated heterocycles. The summed E-state index contributed by atoms with van der Waals surface area (Å²) in [4.78, 5) is 4.67. The van der Waals surface area contributed by atoms with E-state index in [9.17, 15) is 5.11 Å². The summed E-state index contributed by atoms with van der Waals surface area (Å²) < 4.78 is 2.07. The van der Waals surface area contributed by atoms with E-state index in [-0.39, 0.29) is 5.75 Å². The molecule has 0 bridgehead atoms. The van der Waals surface area contributed by atoms with Gasteiger partial charge >= 0.3 is 0 Å². The lowest BCUT2D eigenvalue weighted by Gasteiger charge is -2.09. The molecule has 4 aromatic rings. The summed E-state index contributed by atoms with van der Waals surface area (Å²) in [6.45, 7) is 0. The average Bonchev–Trinajstić information content (AvgIpc) is 2.97. The van der Waals surface area contributed by atoms with E-state index in [0.717, 1.165) is 22.6 Å². The third kappa shape index (κ3) is 1.95. The SMILES string of the molecule is Oc1cccc2c1nc(-c1ccccc1)n2-c1ccccc1. The molecule has 3 aromatic carbocycles. The fraction of sp³-hybridized carbons (Fsp3) is 0. The molecule has 0 atom stereocenters. The first-order chi connectivity index (χ1) is 10.8. The Morgan fingerprint density at radius 1 is 0.727 bits per heavy atom. The lowest BCUT2D eigenvalue weighted by atomic mass is 10.2. The van der Waals surface area contributed by atoms with Gasteiger partial charge in [-0.1, -0.05) is 54.6 Å². The topological polar surface area (TPSA) is 38.1 Å². The van der Waals surface area contributed by atoms with Crippen LogP contribution in [0.4, 0.5) is 0 Å². The molecule has 1 N–H and O–H groups in total. The van der Waals surface area contributed by atoms with E-state index in [4.69, 9.17) is 0 Å². The van der Waals surface area contributed by atoms with Crippen molar-refractivity contribution in [2.45, 2.75) is 0 Å². The summed E-state index contributed by atoms with van der Waals surface area (Å²) in [5, 5.41) is 10.1. The maximum absolute atomic E-state index is 10.1. The average molecular weight is 286 g/mol. The van der Waals surface area contributed by atoms with Crippen LogP contribution in [-0.2, 0) is 0 Å². The molecule has 0 unspecified atom stereocenters. The molecule has 1 aromatic heterocycles. The maximum atomic E-state index is 10.1. The summed E-state index contributed by atoms with van der Waals surface area (Å²) in [5.74, 6) is 1.02. The summed E-state index contributed by atoms with van der Waals surface area (Å²) >= 11 is 0. The fourth-order valence-corrected chi connectivity index (χ4v) is 2.70. The second-order valence-electron chi connectivity index (χ2n) is 5.12. The second-order valence-corrected chi connectivity index (χ2v) is 5.12. The maximum Gasteiger partial charge on any atom is 0.145 e. The molecule has 0 amide bonds. The highest BCUT2D eigenvalue weighted by molar-refractivity contribution is 5.87. The number of phenols is 1. The Hall–Kier alpha value is -3.07. The number of hydrogen-bond donors (Lipinski definition) is 1. The third-order valence-electron chi connectivity index (χ3n) is 3.71. The van der Waals surface area contributed by atoms with Gasteiger partial charge in [0, 0.05) is 11.3 Å². The van der Waals surface area contributed by atoms with E-state index in [2.05, 4.69) is 9.55 Å². The van der Waals surface area contributed by atoms with Gasteiger partial charge in [0.05, 0.1) is 5.52 Å². The van der Waals surface area contributed by atoms with E-state index in [1.54, 1.807) is 6.07 Å². The number of fused-ring (bicyclic) bond motifs is 1. The number of aromatic hydroxyl groups is 1. The van der Waals surface area contributed by atoms with Crippen LogP contribution in [0.5, 0.6) is 5.75 Å². The monoisotopic (exact) mass is 286 g/mol. The largest absolute Gasteiger partial charge is 0.506 e. The first kappa shape index (κ1) is 12.7. The van der Waals surface area contributed by atoms with Crippen molar-refractivity contribution in [1.29, 1.82) is 0 Å². The molecule has 0 aliphatic heterocycles. The molecule has 3 nitrogen and oxygen atoms in total. The zero-order valence-electron chi connectivity index (χ0n) is 11.8. The zero-order valence-corrected chi connectivity index (χ0v) is 11.8. The number of aromatic nitrogens is 2. The Bertz CT molecular complexity index is 928. The van der Waals surface area contributed by atoms with Gasteiger partial charge in [-0.25, -0.2) is 4.98 Å². The van der Waals surface area contributed by atoms with Crippen LogP contribution in [0.25, 0.3) is 28.1 Å². The Balaban J connectivity index is 2.10. The minimum absolute atomic E-state index is 0.198. The van der Waals surface area contributed by atoms with Gasteiger partial charge < -0.3 is 5.11 Å². The summed E-state index contributed by atoms with van der Waals surface area (Å²) in [7, 11) is 0. The van der Waals surface area contributed by atoms with E-state index < -0.39 is 0 Å². The minimum Gasteiger partial charge on any atom is -0.506 e. The van der Waals surface area contributed by atoms with Crippen LogP contribution in [0.1, 0.15) is 0 Å². The van der Waals surface area contributed by atoms with Gasteiger partial charge in [0.1, 0.15) is 17.1 Å². The van der Waals surface area contributed by atoms with Crippen molar-refractivity contribution in [3.8, 4) is 22.8 Å². The predicted molar refractivity (Wildman–Crippen MR) is 88.2 cm³/mol. The van der Waals surface area contributed by atoms with E-state index >= 15 is 0 Å². The highest BCUT2D eigenvalue weighted by Crippen LogP contribution is 2.32. The molecular formula is C19H14N2O. The smallest absolute Gasteiger partial charge is 0.145 e. The molecule has 0 radical (unpaired) electrons. The Kier molecular flexibility index (Phi) is 2.90. The highest BCUT2D eigenvalue weighted by atomic mass is 16.3. The van der Waals surface area contributed by atoms with Gasteiger partial charge in [0.15, 0.2) is 0 Å². The zero-order chi connectivity index (χ0) is 14.9. The number of para-hydroxylation sites is 2. The number of imidazole rings is 1. The summed E-state index contributed by atoms with van der Waals surface area (Å²) in [6.07, 6.45) is 0. The molecule has 0 spiro atoms. The normalized spacial score (nSPS) is 10.9. The van der Waals surface area contributed by atoms with Crippen molar-refractivity contribution in [3.63, 3.8) is 0 Å². The van der Waals surface area contributed by atoms with Crippen LogP contribution in [0.3, 0.4) is 0 Å². The Labute approximate surface area is 128 Å². The Morgan fingerprint density at radius 2 is 1.41 bits per heavy atom. The molecule has 22 heavy (non-hydrogen) atoms. The van der Waals surface area contributed by atoms with Crippen molar-refractivity contribution in [2.75, 3.05) is 0 Å². The lowest BCUT2D eigenvalue weighted by Crippen LogP contribution is -1.96. The first-order valence-electron chi connectivity index (χ1n) is 7.16. The predicted octanol–water partition coefficient (Wildman–Crippen LogP) is 4.40. The van der Waals surface area contributed by atoms with Crippen LogP contribution in [0.15, 0.2) is 78.9 Å². The number of phenolic OH excluding ortho intramolecular Hbond substituents is 1. The van der Waals surface area contributed by atoms with Crippen LogP contribution in [0, 0.1) is 0 Å². The molecule has 3 heteroatoms. The third-order valence-corrected chi connectivity index (χ3v) is 3.71. The summed E-state index contributed by atoms with van der Waals surface area (Å²) in [6, 6.07) is 25.6. The highest BCUT2D eigenvalue weighted by Gasteiger charge is 2.15. The van der Waals surface area contributed by atoms with Crippen molar-refractivity contribution in [1.82, 2.24) is 9.55 Å². The Morgan fingerprint density at radius 3 is 2.14 bits per heavy atom. The molecule has 0 saturated carbocycles. The minimum atomic E-state index is 0.198. The number of rotatable bonds is 2. The number of nitrogens with zero attached hydrogens (tertiary/aromatic N) is 2. The van der Waals surface area contributed by atoms with Gasteiger partial charge in [-0.05, 0) is 24.3 Å². The van der Waals surface area contributed by atoms with Crippen LogP contribution >= 0.6 is 0 Å². The first-order valence-corrected chi connectivity index (χ1v) is 7.16. The number of hydrogen-bond acceptors (Lipinski definition) is 2. The van der Waals surface area contributed by atoms with Crippen molar-refractivity contribution in [2.24, 2.45) is 0 Å². The summed E-state index contributed by atoms with van der Waals surface area (Å²) in [5.41, 5.74) is 3.55. The molecule has 0 aliphatic carbocycles. The van der Waals surface area contributed by atoms with E-state index in [0.29, 0.717) is 5.52 Å². The van der Waals surface area contributed by atoms with Crippen LogP contribution < -0.4 is 0 Å². The molecular weight excluding hydrogens is 272 g/mol. The fourth-order valence-electron chi connectivity index (χ4n) is 2.70. The van der Waals surface area contributed by atoms with Crippen molar-refractivity contribution in [3.05, 3.63) is 78.9 Å². The van der Waals surface area contributed by atoms with E-state index in [1.807, 2.05) is 72.8 Å². The van der Waals surface area contributed by atoms with Crippen molar-refractivity contribution < 1.29 is 5.11 Å².